The van der Waals surface area contributed by atoms with Gasteiger partial charge in [-0.25, -0.2) is 9.59 Å². The molecule has 23 heavy (non-hydrogen) atoms. The summed E-state index contributed by atoms with van der Waals surface area (Å²) in [5.74, 6) is -0.794. The van der Waals surface area contributed by atoms with Crippen LogP contribution in [0.5, 0.6) is 0 Å². The van der Waals surface area contributed by atoms with Crippen LogP contribution in [0.4, 0.5) is 4.79 Å². The molecule has 1 aliphatic heterocycles. The molecule has 1 fully saturated rings. The summed E-state index contributed by atoms with van der Waals surface area (Å²) < 4.78 is 10.7. The van der Waals surface area contributed by atoms with Crippen molar-refractivity contribution in [3.8, 4) is 0 Å². The Hall–Kier alpha value is -1.79. The summed E-state index contributed by atoms with van der Waals surface area (Å²) in [6, 6.07) is -0.891. The summed E-state index contributed by atoms with van der Waals surface area (Å²) in [6.07, 6.45) is 2.27. The third-order valence-corrected chi connectivity index (χ3v) is 3.45. The number of carbonyl (C=O) groups excluding carboxylic acids is 3. The molecule has 7 heteroatoms. The summed E-state index contributed by atoms with van der Waals surface area (Å²) in [6.45, 7) is 9.07. The Morgan fingerprint density at radius 2 is 1.91 bits per heavy atom. The van der Waals surface area contributed by atoms with E-state index in [1.165, 1.54) is 6.92 Å². The van der Waals surface area contributed by atoms with Crippen molar-refractivity contribution in [1.29, 1.82) is 0 Å². The van der Waals surface area contributed by atoms with Crippen molar-refractivity contribution >= 4 is 18.0 Å². The molecular weight excluding hydrogens is 300 g/mol. The van der Waals surface area contributed by atoms with E-state index in [0.29, 0.717) is 6.54 Å². The molecule has 132 valence electrons. The Bertz CT molecular complexity index is 444. The summed E-state index contributed by atoms with van der Waals surface area (Å²) >= 11 is 0. The number of nitrogens with one attached hydrogen (secondary N) is 1. The number of likely N-dealkylation sites (tertiary alicyclic amines) is 1. The fourth-order valence-corrected chi connectivity index (χ4v) is 2.40. The van der Waals surface area contributed by atoms with E-state index in [4.69, 9.17) is 9.47 Å². The van der Waals surface area contributed by atoms with Gasteiger partial charge in [-0.05, 0) is 47.0 Å². The highest BCUT2D eigenvalue weighted by Crippen LogP contribution is 2.20. The molecule has 0 aliphatic carbocycles. The average Bonchev–Trinajstić information content (AvgIpc) is 2.42. The van der Waals surface area contributed by atoms with Gasteiger partial charge in [-0.15, -0.1) is 0 Å². The average molecular weight is 328 g/mol. The van der Waals surface area contributed by atoms with Crippen LogP contribution in [0.25, 0.3) is 0 Å². The fraction of sp³-hybridized carbons (Fsp3) is 0.812. The zero-order chi connectivity index (χ0) is 17.6. The second-order valence-corrected chi connectivity index (χ2v) is 6.88. The minimum atomic E-state index is -0.703. The Balaban J connectivity index is 2.56. The van der Waals surface area contributed by atoms with Crippen LogP contribution in [-0.2, 0) is 19.1 Å². The molecule has 2 amide bonds. The maximum Gasteiger partial charge on any atom is 0.410 e. The molecule has 1 rings (SSSR count). The first-order valence-corrected chi connectivity index (χ1v) is 8.03. The molecule has 0 spiro atoms. The van der Waals surface area contributed by atoms with Crippen LogP contribution in [0.15, 0.2) is 0 Å². The highest BCUT2D eigenvalue weighted by Gasteiger charge is 2.31. The van der Waals surface area contributed by atoms with Gasteiger partial charge in [-0.3, -0.25) is 4.79 Å². The molecule has 0 saturated carbocycles. The summed E-state index contributed by atoms with van der Waals surface area (Å²) in [7, 11) is 0. The number of piperidine rings is 1. The van der Waals surface area contributed by atoms with Crippen LogP contribution >= 0.6 is 0 Å². The highest BCUT2D eigenvalue weighted by molar-refractivity contribution is 5.82. The van der Waals surface area contributed by atoms with E-state index in [1.54, 1.807) is 11.8 Å². The normalized spacial score (nSPS) is 19.7. The van der Waals surface area contributed by atoms with Gasteiger partial charge in [0.2, 0.25) is 5.91 Å². The van der Waals surface area contributed by atoms with Gasteiger partial charge in [-0.1, -0.05) is 0 Å². The molecule has 7 nitrogen and oxygen atoms in total. The van der Waals surface area contributed by atoms with Crippen molar-refractivity contribution < 1.29 is 23.9 Å². The molecule has 0 aromatic rings. The zero-order valence-electron chi connectivity index (χ0n) is 14.7. The monoisotopic (exact) mass is 328 g/mol. The molecule has 1 heterocycles. The van der Waals surface area contributed by atoms with Crippen LogP contribution in [-0.4, -0.2) is 53.7 Å². The molecule has 1 saturated heterocycles. The van der Waals surface area contributed by atoms with Gasteiger partial charge < -0.3 is 19.7 Å². The molecule has 0 aromatic carbocycles. The summed E-state index contributed by atoms with van der Waals surface area (Å²) in [5, 5.41) is 2.48. The van der Waals surface area contributed by atoms with Crippen LogP contribution in [0.2, 0.25) is 0 Å². The lowest BCUT2D eigenvalue weighted by atomic mass is 10.0. The molecule has 1 aliphatic rings. The Kier molecular flexibility index (Phi) is 6.84. The van der Waals surface area contributed by atoms with Crippen LogP contribution < -0.4 is 5.32 Å². The van der Waals surface area contributed by atoms with Gasteiger partial charge in [0, 0.05) is 13.5 Å². The van der Waals surface area contributed by atoms with E-state index >= 15 is 0 Å². The minimum Gasteiger partial charge on any atom is -0.462 e. The first-order chi connectivity index (χ1) is 10.6. The van der Waals surface area contributed by atoms with Crippen LogP contribution in [0, 0.1) is 0 Å². The standard InChI is InChI=1S/C16H28N2O5/c1-11(17-12(2)19)14(20)22-10-13-8-6-7-9-18(13)15(21)23-16(3,4)5/h11,13H,6-10H2,1-5H3,(H,17,19). The van der Waals surface area contributed by atoms with Crippen LogP contribution in [0.1, 0.15) is 53.9 Å². The van der Waals surface area contributed by atoms with E-state index in [2.05, 4.69) is 5.32 Å². The van der Waals surface area contributed by atoms with Gasteiger partial charge >= 0.3 is 12.1 Å². The second kappa shape index (κ2) is 8.17. The molecule has 2 atom stereocenters. The molecular formula is C16H28N2O5. The summed E-state index contributed by atoms with van der Waals surface area (Å²) in [4.78, 5) is 36.7. The van der Waals surface area contributed by atoms with Gasteiger partial charge in [0.15, 0.2) is 0 Å². The number of esters is 1. The Morgan fingerprint density at radius 1 is 1.26 bits per heavy atom. The van der Waals surface area contributed by atoms with Gasteiger partial charge in [0.1, 0.15) is 18.2 Å². The minimum absolute atomic E-state index is 0.113. The topological polar surface area (TPSA) is 84.9 Å². The highest BCUT2D eigenvalue weighted by atomic mass is 16.6. The van der Waals surface area contributed by atoms with Crippen molar-refractivity contribution in [2.75, 3.05) is 13.2 Å². The fourth-order valence-electron chi connectivity index (χ4n) is 2.40. The molecule has 0 aromatic heterocycles. The number of hydrogen-bond donors (Lipinski definition) is 1. The Labute approximate surface area is 137 Å². The number of rotatable bonds is 4. The van der Waals surface area contributed by atoms with Crippen LogP contribution in [0.3, 0.4) is 0 Å². The maximum absolute atomic E-state index is 12.3. The van der Waals surface area contributed by atoms with Gasteiger partial charge in [0.25, 0.3) is 0 Å². The number of ether oxygens (including phenoxy) is 2. The van der Waals surface area contributed by atoms with E-state index in [-0.39, 0.29) is 24.6 Å². The predicted molar refractivity (Wildman–Crippen MR) is 84.8 cm³/mol. The second-order valence-electron chi connectivity index (χ2n) is 6.88. The first-order valence-electron chi connectivity index (χ1n) is 8.03. The smallest absolute Gasteiger partial charge is 0.410 e. The lowest BCUT2D eigenvalue weighted by molar-refractivity contribution is -0.149. The van der Waals surface area contributed by atoms with E-state index in [0.717, 1.165) is 19.3 Å². The third-order valence-electron chi connectivity index (χ3n) is 3.45. The van der Waals surface area contributed by atoms with Crippen molar-refractivity contribution in [3.05, 3.63) is 0 Å². The van der Waals surface area contributed by atoms with Crippen molar-refractivity contribution in [1.82, 2.24) is 10.2 Å². The SMILES string of the molecule is CC(=O)NC(C)C(=O)OCC1CCCCN1C(=O)OC(C)(C)C. The quantitative estimate of drug-likeness (QED) is 0.796. The first kappa shape index (κ1) is 19.3. The van der Waals surface area contributed by atoms with E-state index < -0.39 is 17.6 Å². The number of amides is 2. The van der Waals surface area contributed by atoms with Crippen molar-refractivity contribution in [2.24, 2.45) is 0 Å². The molecule has 0 radical (unpaired) electrons. The number of carbonyl (C=O) groups is 3. The van der Waals surface area contributed by atoms with Crippen molar-refractivity contribution in [3.63, 3.8) is 0 Å². The predicted octanol–water partition coefficient (Wildman–Crippen LogP) is 1.84. The van der Waals surface area contributed by atoms with Gasteiger partial charge in [-0.2, -0.15) is 0 Å². The lowest BCUT2D eigenvalue weighted by Gasteiger charge is -2.36. The lowest BCUT2D eigenvalue weighted by Crippen LogP contribution is -2.49. The number of hydrogen-bond acceptors (Lipinski definition) is 5. The number of nitrogens with zero attached hydrogens (tertiary/aromatic N) is 1. The molecule has 2 unspecified atom stereocenters. The largest absolute Gasteiger partial charge is 0.462 e. The Morgan fingerprint density at radius 3 is 2.48 bits per heavy atom. The van der Waals surface area contributed by atoms with E-state index in [1.807, 2.05) is 20.8 Å². The van der Waals surface area contributed by atoms with Crippen molar-refractivity contribution in [2.45, 2.75) is 71.6 Å². The van der Waals surface area contributed by atoms with Gasteiger partial charge in [0.05, 0.1) is 6.04 Å². The molecule has 0 bridgehead atoms. The summed E-state index contributed by atoms with van der Waals surface area (Å²) in [5.41, 5.74) is -0.560. The van der Waals surface area contributed by atoms with E-state index in [9.17, 15) is 14.4 Å². The zero-order valence-corrected chi connectivity index (χ0v) is 14.7. The third kappa shape index (κ3) is 6.88. The maximum atomic E-state index is 12.3. The molecule has 1 N–H and O–H groups in total.